The van der Waals surface area contributed by atoms with Gasteiger partial charge in [-0.25, -0.2) is 8.42 Å². The Morgan fingerprint density at radius 1 is 1.50 bits per heavy atom. The summed E-state index contributed by atoms with van der Waals surface area (Å²) in [5.74, 6) is 0. The number of benzene rings is 1. The minimum atomic E-state index is -3.87. The molecule has 1 aliphatic rings. The molecule has 2 atom stereocenters. The summed E-state index contributed by atoms with van der Waals surface area (Å²) in [6.07, 6.45) is 2.02. The summed E-state index contributed by atoms with van der Waals surface area (Å²) in [6.45, 7) is 2.17. The molecule has 0 unspecified atom stereocenters. The molecule has 1 saturated heterocycles. The van der Waals surface area contributed by atoms with E-state index in [0.717, 1.165) is 12.8 Å². The van der Waals surface area contributed by atoms with Crippen LogP contribution in [-0.4, -0.2) is 36.5 Å². The molecule has 1 heterocycles. The van der Waals surface area contributed by atoms with Crippen molar-refractivity contribution >= 4 is 21.6 Å². The van der Waals surface area contributed by atoms with Crippen molar-refractivity contribution in [3.8, 4) is 6.07 Å². The summed E-state index contributed by atoms with van der Waals surface area (Å²) in [5, 5.41) is 19.6. The van der Waals surface area contributed by atoms with Gasteiger partial charge in [-0.15, -0.1) is 0 Å². The standard InChI is InChI=1S/C15H19ClN2O3S/c1-2-14(19)13-5-3-4-8-18(13)22(20,21)15-9-12(16)7-6-11(15)10-17/h6-7,9,13-14,19H,2-5,8H2,1H3/t13-,14-/m0/s1. The third-order valence-corrected chi connectivity index (χ3v) is 6.21. The van der Waals surface area contributed by atoms with Crippen molar-refractivity contribution in [2.75, 3.05) is 6.54 Å². The van der Waals surface area contributed by atoms with Gasteiger partial charge in [-0.3, -0.25) is 0 Å². The first kappa shape index (κ1) is 17.2. The first-order valence-electron chi connectivity index (χ1n) is 7.31. The summed E-state index contributed by atoms with van der Waals surface area (Å²) in [6, 6.07) is 5.66. The van der Waals surface area contributed by atoms with E-state index in [1.807, 2.05) is 13.0 Å². The molecule has 1 aromatic carbocycles. The molecule has 1 fully saturated rings. The number of sulfonamides is 1. The van der Waals surface area contributed by atoms with Crippen molar-refractivity contribution in [1.82, 2.24) is 4.31 Å². The Bertz CT molecular complexity index is 685. The minimum Gasteiger partial charge on any atom is -0.391 e. The van der Waals surface area contributed by atoms with E-state index in [2.05, 4.69) is 0 Å². The van der Waals surface area contributed by atoms with Gasteiger partial charge in [0.15, 0.2) is 0 Å². The Kier molecular flexibility index (Phi) is 5.45. The molecule has 0 radical (unpaired) electrons. The Labute approximate surface area is 136 Å². The van der Waals surface area contributed by atoms with E-state index in [1.54, 1.807) is 0 Å². The van der Waals surface area contributed by atoms with E-state index in [9.17, 15) is 13.5 Å². The van der Waals surface area contributed by atoms with Crippen molar-refractivity contribution < 1.29 is 13.5 Å². The Balaban J connectivity index is 2.49. The number of nitriles is 1. The highest BCUT2D eigenvalue weighted by molar-refractivity contribution is 7.89. The van der Waals surface area contributed by atoms with Gasteiger partial charge < -0.3 is 5.11 Å². The van der Waals surface area contributed by atoms with Gasteiger partial charge in [0.05, 0.1) is 17.7 Å². The van der Waals surface area contributed by atoms with Crippen LogP contribution in [0.2, 0.25) is 5.02 Å². The van der Waals surface area contributed by atoms with Crippen LogP contribution in [0.4, 0.5) is 0 Å². The second-order valence-corrected chi connectivity index (χ2v) is 7.70. The molecule has 0 aromatic heterocycles. The van der Waals surface area contributed by atoms with Crippen molar-refractivity contribution in [3.05, 3.63) is 28.8 Å². The molecule has 0 spiro atoms. The van der Waals surface area contributed by atoms with Gasteiger partial charge in [-0.05, 0) is 37.5 Å². The largest absolute Gasteiger partial charge is 0.391 e. The normalized spacial score (nSPS) is 21.3. The highest BCUT2D eigenvalue weighted by atomic mass is 35.5. The lowest BCUT2D eigenvalue weighted by Crippen LogP contribution is -2.49. The van der Waals surface area contributed by atoms with Crippen molar-refractivity contribution in [3.63, 3.8) is 0 Å². The van der Waals surface area contributed by atoms with Gasteiger partial charge in [-0.2, -0.15) is 9.57 Å². The third kappa shape index (κ3) is 3.28. The molecule has 1 N–H and O–H groups in total. The molecule has 0 aliphatic carbocycles. The number of halogens is 1. The predicted molar refractivity (Wildman–Crippen MR) is 84.0 cm³/mol. The lowest BCUT2D eigenvalue weighted by molar-refractivity contribution is 0.0667. The molecule has 1 aliphatic heterocycles. The van der Waals surface area contributed by atoms with Crippen molar-refractivity contribution in [2.45, 2.75) is 49.6 Å². The first-order chi connectivity index (χ1) is 10.4. The maximum atomic E-state index is 13.0. The molecule has 0 amide bonds. The topological polar surface area (TPSA) is 81.4 Å². The molecular formula is C15H19ClN2O3S. The number of piperidine rings is 1. The Hall–Kier alpha value is -1.13. The summed E-state index contributed by atoms with van der Waals surface area (Å²) in [5.41, 5.74) is 0.0692. The SMILES string of the molecule is CC[C@H](O)[C@@H]1CCCCN1S(=O)(=O)c1cc(Cl)ccc1C#N. The van der Waals surface area contributed by atoms with E-state index < -0.39 is 22.2 Å². The molecule has 1 aromatic rings. The van der Waals surface area contributed by atoms with Crippen LogP contribution in [0.1, 0.15) is 38.2 Å². The van der Waals surface area contributed by atoms with Crippen molar-refractivity contribution in [2.24, 2.45) is 0 Å². The van der Waals surface area contributed by atoms with Crippen LogP contribution in [0, 0.1) is 11.3 Å². The monoisotopic (exact) mass is 342 g/mol. The maximum absolute atomic E-state index is 13.0. The van der Waals surface area contributed by atoms with Gasteiger partial charge in [0.2, 0.25) is 10.0 Å². The fourth-order valence-corrected chi connectivity index (χ4v) is 4.94. The summed E-state index contributed by atoms with van der Waals surface area (Å²) >= 11 is 5.90. The molecular weight excluding hydrogens is 324 g/mol. The van der Waals surface area contributed by atoms with Gasteiger partial charge in [0.1, 0.15) is 11.0 Å². The lowest BCUT2D eigenvalue weighted by Gasteiger charge is -2.37. The number of aliphatic hydroxyl groups excluding tert-OH is 1. The van der Waals surface area contributed by atoms with E-state index in [1.165, 1.54) is 22.5 Å². The quantitative estimate of drug-likeness (QED) is 0.911. The van der Waals surface area contributed by atoms with Crippen LogP contribution in [0.15, 0.2) is 23.1 Å². The molecule has 5 nitrogen and oxygen atoms in total. The molecule has 0 bridgehead atoms. The number of rotatable bonds is 4. The van der Waals surface area contributed by atoms with E-state index in [0.29, 0.717) is 19.4 Å². The zero-order valence-corrected chi connectivity index (χ0v) is 13.9. The second-order valence-electron chi connectivity index (χ2n) is 5.41. The van der Waals surface area contributed by atoms with E-state index in [-0.39, 0.29) is 15.5 Å². The average Bonchev–Trinajstić information content (AvgIpc) is 2.54. The predicted octanol–water partition coefficient (Wildman–Crippen LogP) is 2.53. The highest BCUT2D eigenvalue weighted by Crippen LogP contribution is 2.30. The van der Waals surface area contributed by atoms with Crippen LogP contribution in [0.25, 0.3) is 0 Å². The Morgan fingerprint density at radius 3 is 2.86 bits per heavy atom. The van der Waals surface area contributed by atoms with Crippen LogP contribution in [0.5, 0.6) is 0 Å². The third-order valence-electron chi connectivity index (χ3n) is 4.01. The van der Waals surface area contributed by atoms with Gasteiger partial charge in [0.25, 0.3) is 0 Å². The zero-order valence-electron chi connectivity index (χ0n) is 12.4. The summed E-state index contributed by atoms with van der Waals surface area (Å²) in [4.78, 5) is -0.0855. The zero-order chi connectivity index (χ0) is 16.3. The van der Waals surface area contributed by atoms with Crippen LogP contribution in [0.3, 0.4) is 0 Å². The van der Waals surface area contributed by atoms with Gasteiger partial charge in [0, 0.05) is 11.6 Å². The smallest absolute Gasteiger partial charge is 0.244 e. The van der Waals surface area contributed by atoms with Crippen LogP contribution >= 0.6 is 11.6 Å². The molecule has 120 valence electrons. The van der Waals surface area contributed by atoms with Crippen LogP contribution < -0.4 is 0 Å². The minimum absolute atomic E-state index is 0.0692. The first-order valence-corrected chi connectivity index (χ1v) is 9.13. The highest BCUT2D eigenvalue weighted by Gasteiger charge is 2.37. The number of aliphatic hydroxyl groups is 1. The molecule has 7 heteroatoms. The number of hydrogen-bond acceptors (Lipinski definition) is 4. The fraction of sp³-hybridized carbons (Fsp3) is 0.533. The van der Waals surface area contributed by atoms with Gasteiger partial charge in [-0.1, -0.05) is 24.9 Å². The number of hydrogen-bond donors (Lipinski definition) is 1. The van der Waals surface area contributed by atoms with Gasteiger partial charge >= 0.3 is 0 Å². The van der Waals surface area contributed by atoms with E-state index in [4.69, 9.17) is 16.9 Å². The maximum Gasteiger partial charge on any atom is 0.244 e. The molecule has 0 saturated carbocycles. The van der Waals surface area contributed by atoms with Crippen LogP contribution in [-0.2, 0) is 10.0 Å². The Morgan fingerprint density at radius 2 is 2.23 bits per heavy atom. The lowest BCUT2D eigenvalue weighted by atomic mass is 9.98. The number of nitrogens with zero attached hydrogens (tertiary/aromatic N) is 2. The fourth-order valence-electron chi connectivity index (χ4n) is 2.81. The summed E-state index contributed by atoms with van der Waals surface area (Å²) < 4.78 is 27.2. The molecule has 2 rings (SSSR count). The van der Waals surface area contributed by atoms with Crippen molar-refractivity contribution in [1.29, 1.82) is 5.26 Å². The second kappa shape index (κ2) is 6.97. The average molecular weight is 343 g/mol. The van der Waals surface area contributed by atoms with E-state index >= 15 is 0 Å². The summed E-state index contributed by atoms with van der Waals surface area (Å²) in [7, 11) is -3.87. The molecule has 22 heavy (non-hydrogen) atoms.